The molecule has 18 heavy (non-hydrogen) atoms. The van der Waals surface area contributed by atoms with Crippen LogP contribution in [0.15, 0.2) is 29.2 Å². The van der Waals surface area contributed by atoms with E-state index in [1.165, 1.54) is 0 Å². The molecule has 0 N–H and O–H groups in total. The molecule has 1 aromatic carbocycles. The van der Waals surface area contributed by atoms with Crippen molar-refractivity contribution in [1.29, 1.82) is 0 Å². The van der Waals surface area contributed by atoms with Crippen molar-refractivity contribution in [2.45, 2.75) is 50.4 Å². The van der Waals surface area contributed by atoms with Gasteiger partial charge in [-0.2, -0.15) is 0 Å². The maximum atomic E-state index is 12.2. The molecule has 0 aliphatic rings. The van der Waals surface area contributed by atoms with Gasteiger partial charge in [0.05, 0.1) is 10.8 Å². The van der Waals surface area contributed by atoms with Gasteiger partial charge in [-0.1, -0.05) is 17.7 Å². The molecule has 0 aromatic heterocycles. The van der Waals surface area contributed by atoms with Crippen LogP contribution in [-0.2, 0) is 20.3 Å². The summed E-state index contributed by atoms with van der Waals surface area (Å²) in [5.74, 6) is -0.429. The second-order valence-electron chi connectivity index (χ2n) is 5.29. The normalized spacial score (nSPS) is 14.9. The summed E-state index contributed by atoms with van der Waals surface area (Å²) in [5.41, 5.74) is 0.545. The van der Waals surface area contributed by atoms with E-state index >= 15 is 0 Å². The molecule has 4 heteroatoms. The lowest BCUT2D eigenvalue weighted by Gasteiger charge is -2.22. The Balaban J connectivity index is 2.78. The Hall–Kier alpha value is -1.16. The zero-order chi connectivity index (χ0) is 13.9. The Morgan fingerprint density at radius 2 is 1.72 bits per heavy atom. The van der Waals surface area contributed by atoms with Crippen molar-refractivity contribution < 1.29 is 13.7 Å². The molecule has 0 amide bonds. The SMILES string of the molecule is Cc1ccc([S@](=O)[C@H](C)C(=O)OC(C)(C)C)cc1. The fraction of sp³-hybridized carbons (Fsp3) is 0.500. The van der Waals surface area contributed by atoms with Crippen LogP contribution in [0.2, 0.25) is 0 Å². The average Bonchev–Trinajstić information content (AvgIpc) is 2.26. The van der Waals surface area contributed by atoms with Crippen LogP contribution in [0, 0.1) is 6.92 Å². The molecule has 0 spiro atoms. The third kappa shape index (κ3) is 4.26. The van der Waals surface area contributed by atoms with E-state index in [2.05, 4.69) is 0 Å². The molecule has 0 saturated heterocycles. The highest BCUT2D eigenvalue weighted by Crippen LogP contribution is 2.16. The number of carbonyl (C=O) groups is 1. The van der Waals surface area contributed by atoms with Gasteiger partial charge >= 0.3 is 5.97 Å². The van der Waals surface area contributed by atoms with E-state index in [4.69, 9.17) is 4.74 Å². The van der Waals surface area contributed by atoms with Gasteiger partial charge in [-0.15, -0.1) is 0 Å². The summed E-state index contributed by atoms with van der Waals surface area (Å²) in [7, 11) is -1.38. The molecule has 2 atom stereocenters. The van der Waals surface area contributed by atoms with Gasteiger partial charge in [0.1, 0.15) is 10.9 Å². The highest BCUT2D eigenvalue weighted by molar-refractivity contribution is 7.86. The quantitative estimate of drug-likeness (QED) is 0.792. The molecule has 0 radical (unpaired) electrons. The van der Waals surface area contributed by atoms with E-state index in [0.29, 0.717) is 4.90 Å². The van der Waals surface area contributed by atoms with Crippen molar-refractivity contribution in [2.24, 2.45) is 0 Å². The summed E-state index contributed by atoms with van der Waals surface area (Å²) in [6.07, 6.45) is 0. The Bertz CT molecular complexity index is 443. The first-order valence-electron chi connectivity index (χ1n) is 5.91. The summed E-state index contributed by atoms with van der Waals surface area (Å²) in [4.78, 5) is 12.5. The fourth-order valence-electron chi connectivity index (χ4n) is 1.35. The average molecular weight is 268 g/mol. The van der Waals surface area contributed by atoms with Crippen molar-refractivity contribution in [1.82, 2.24) is 0 Å². The van der Waals surface area contributed by atoms with E-state index in [9.17, 15) is 9.00 Å². The molecule has 0 heterocycles. The second-order valence-corrected chi connectivity index (χ2v) is 7.06. The molecule has 0 aliphatic heterocycles. The van der Waals surface area contributed by atoms with E-state index in [-0.39, 0.29) is 0 Å². The molecule has 0 bridgehead atoms. The maximum Gasteiger partial charge on any atom is 0.322 e. The summed E-state index contributed by atoms with van der Waals surface area (Å²) in [5, 5.41) is -0.660. The van der Waals surface area contributed by atoms with Gasteiger partial charge < -0.3 is 4.74 Å². The van der Waals surface area contributed by atoms with E-state index in [1.807, 2.05) is 19.1 Å². The van der Waals surface area contributed by atoms with Gasteiger partial charge in [0.15, 0.2) is 0 Å². The molecule has 0 saturated carbocycles. The van der Waals surface area contributed by atoms with Gasteiger partial charge in [0.2, 0.25) is 0 Å². The van der Waals surface area contributed by atoms with Crippen LogP contribution in [-0.4, -0.2) is 21.0 Å². The zero-order valence-electron chi connectivity index (χ0n) is 11.5. The number of rotatable bonds is 3. The van der Waals surface area contributed by atoms with E-state index in [0.717, 1.165) is 5.56 Å². The lowest BCUT2D eigenvalue weighted by molar-refractivity contribution is -0.153. The van der Waals surface area contributed by atoms with Crippen LogP contribution < -0.4 is 0 Å². The predicted octanol–water partition coefficient (Wildman–Crippen LogP) is 2.83. The summed E-state index contributed by atoms with van der Waals surface area (Å²) in [6, 6.07) is 7.34. The van der Waals surface area contributed by atoms with Crippen LogP contribution in [0.3, 0.4) is 0 Å². The van der Waals surface area contributed by atoms with Crippen molar-refractivity contribution in [3.63, 3.8) is 0 Å². The van der Waals surface area contributed by atoms with Crippen molar-refractivity contribution in [3.8, 4) is 0 Å². The monoisotopic (exact) mass is 268 g/mol. The minimum absolute atomic E-state index is 0.429. The van der Waals surface area contributed by atoms with E-state index in [1.54, 1.807) is 39.8 Å². The van der Waals surface area contributed by atoms with Crippen LogP contribution in [0.25, 0.3) is 0 Å². The van der Waals surface area contributed by atoms with Gasteiger partial charge in [-0.05, 0) is 46.8 Å². The van der Waals surface area contributed by atoms with Gasteiger partial charge in [-0.25, -0.2) is 0 Å². The number of aryl methyl sites for hydroxylation is 1. The maximum absolute atomic E-state index is 12.2. The Morgan fingerprint density at radius 1 is 1.22 bits per heavy atom. The smallest absolute Gasteiger partial charge is 0.322 e. The first-order valence-corrected chi connectivity index (χ1v) is 7.12. The Kier molecular flexibility index (Phi) is 4.68. The van der Waals surface area contributed by atoms with Crippen LogP contribution in [0.4, 0.5) is 0 Å². The minimum Gasteiger partial charge on any atom is -0.459 e. The largest absolute Gasteiger partial charge is 0.459 e. The molecule has 0 fully saturated rings. The van der Waals surface area contributed by atoms with Gasteiger partial charge in [0.25, 0.3) is 0 Å². The third-order valence-corrected chi connectivity index (χ3v) is 3.88. The standard InChI is InChI=1S/C14H20O3S/c1-10-6-8-12(9-7-10)18(16)11(2)13(15)17-14(3,4)5/h6-9,11H,1-5H3/t11-,18-/m1/s1. The molecular weight excluding hydrogens is 248 g/mol. The Labute approximate surface area is 111 Å². The third-order valence-electron chi connectivity index (χ3n) is 2.31. The lowest BCUT2D eigenvalue weighted by Crippen LogP contribution is -2.32. The molecule has 1 aromatic rings. The first kappa shape index (κ1) is 14.9. The molecule has 0 unspecified atom stereocenters. The highest BCUT2D eigenvalue weighted by Gasteiger charge is 2.26. The number of benzene rings is 1. The van der Waals surface area contributed by atoms with Crippen LogP contribution in [0.5, 0.6) is 0 Å². The highest BCUT2D eigenvalue weighted by atomic mass is 32.2. The molecular formula is C14H20O3S. The van der Waals surface area contributed by atoms with Crippen molar-refractivity contribution >= 4 is 16.8 Å². The minimum atomic E-state index is -1.38. The summed E-state index contributed by atoms with van der Waals surface area (Å²) in [6.45, 7) is 8.99. The number of hydrogen-bond acceptors (Lipinski definition) is 3. The summed E-state index contributed by atoms with van der Waals surface area (Å²) < 4.78 is 17.4. The number of hydrogen-bond donors (Lipinski definition) is 0. The molecule has 1 rings (SSSR count). The topological polar surface area (TPSA) is 43.4 Å². The fourth-order valence-corrected chi connectivity index (χ4v) is 2.38. The molecule has 0 aliphatic carbocycles. The molecule has 3 nitrogen and oxygen atoms in total. The van der Waals surface area contributed by atoms with Crippen LogP contribution in [0.1, 0.15) is 33.3 Å². The zero-order valence-corrected chi connectivity index (χ0v) is 12.3. The molecule has 100 valence electrons. The van der Waals surface area contributed by atoms with Gasteiger partial charge in [0, 0.05) is 4.90 Å². The lowest BCUT2D eigenvalue weighted by atomic mass is 10.2. The number of esters is 1. The van der Waals surface area contributed by atoms with Crippen LogP contribution >= 0.6 is 0 Å². The van der Waals surface area contributed by atoms with Crippen molar-refractivity contribution in [2.75, 3.05) is 0 Å². The number of ether oxygens (including phenoxy) is 1. The summed E-state index contributed by atoms with van der Waals surface area (Å²) >= 11 is 0. The second kappa shape index (κ2) is 5.65. The van der Waals surface area contributed by atoms with Crippen molar-refractivity contribution in [3.05, 3.63) is 29.8 Å². The van der Waals surface area contributed by atoms with Gasteiger partial charge in [-0.3, -0.25) is 9.00 Å². The van der Waals surface area contributed by atoms with E-state index < -0.39 is 27.6 Å². The number of carbonyl (C=O) groups excluding carboxylic acids is 1. The Morgan fingerprint density at radius 3 is 2.17 bits per heavy atom. The predicted molar refractivity (Wildman–Crippen MR) is 72.9 cm³/mol. The first-order chi connectivity index (χ1) is 8.20.